The van der Waals surface area contributed by atoms with E-state index in [1.165, 1.54) is 0 Å². The Morgan fingerprint density at radius 3 is 2.77 bits per heavy atom. The van der Waals surface area contributed by atoms with Crippen molar-refractivity contribution in [1.82, 2.24) is 5.32 Å². The molecule has 1 fully saturated rings. The molecule has 1 aliphatic rings. The minimum atomic E-state index is -0.141. The highest BCUT2D eigenvalue weighted by molar-refractivity contribution is 7.08. The van der Waals surface area contributed by atoms with Crippen molar-refractivity contribution >= 4 is 28.8 Å². The first-order valence-corrected chi connectivity index (χ1v) is 8.73. The number of carbonyl (C=O) groups is 1. The van der Waals surface area contributed by atoms with Gasteiger partial charge in [0, 0.05) is 11.6 Å². The highest BCUT2D eigenvalue weighted by atomic mass is 35.5. The molecular weight excluding hydrogens is 318 g/mol. The third kappa shape index (κ3) is 3.88. The largest absolute Gasteiger partial charge is 0.378 e. The summed E-state index contributed by atoms with van der Waals surface area (Å²) in [6, 6.07) is 9.51. The van der Waals surface area contributed by atoms with Crippen molar-refractivity contribution in [2.24, 2.45) is 0 Å². The Morgan fingerprint density at radius 2 is 2.14 bits per heavy atom. The molecule has 0 radical (unpaired) electrons. The van der Waals surface area contributed by atoms with Crippen LogP contribution in [0.4, 0.5) is 0 Å². The second-order valence-electron chi connectivity index (χ2n) is 5.45. The minimum Gasteiger partial charge on any atom is -0.378 e. The van der Waals surface area contributed by atoms with Crippen molar-refractivity contribution in [3.05, 3.63) is 57.2 Å². The fraction of sp³-hybridized carbons (Fsp3) is 0.353. The Bertz CT molecular complexity index is 606. The van der Waals surface area contributed by atoms with Crippen LogP contribution >= 0.6 is 22.9 Å². The van der Waals surface area contributed by atoms with E-state index < -0.39 is 0 Å². The molecule has 1 aromatic carbocycles. The van der Waals surface area contributed by atoms with Gasteiger partial charge >= 0.3 is 0 Å². The second kappa shape index (κ2) is 7.27. The standard InChI is InChI=1S/C17H18ClNO2S/c18-14-5-3-12(4-6-14)17(13-7-9-22-11-13)19-16(20)10-15-2-1-8-21-15/h3-7,9,11,15,17H,1-2,8,10H2,(H,19,20). The van der Waals surface area contributed by atoms with E-state index in [1.807, 2.05) is 35.7 Å². The van der Waals surface area contributed by atoms with E-state index in [9.17, 15) is 4.79 Å². The van der Waals surface area contributed by atoms with Gasteiger partial charge < -0.3 is 10.1 Å². The Labute approximate surface area is 139 Å². The van der Waals surface area contributed by atoms with E-state index in [-0.39, 0.29) is 18.1 Å². The van der Waals surface area contributed by atoms with Gasteiger partial charge in [-0.3, -0.25) is 4.79 Å². The van der Waals surface area contributed by atoms with Gasteiger partial charge in [0.1, 0.15) is 0 Å². The van der Waals surface area contributed by atoms with E-state index in [4.69, 9.17) is 16.3 Å². The van der Waals surface area contributed by atoms with Crippen LogP contribution in [0.25, 0.3) is 0 Å². The first-order valence-electron chi connectivity index (χ1n) is 7.41. The molecule has 2 atom stereocenters. The summed E-state index contributed by atoms with van der Waals surface area (Å²) in [5, 5.41) is 7.90. The summed E-state index contributed by atoms with van der Waals surface area (Å²) in [5.41, 5.74) is 2.12. The van der Waals surface area contributed by atoms with Gasteiger partial charge in [-0.2, -0.15) is 11.3 Å². The third-order valence-corrected chi connectivity index (χ3v) is 4.78. The topological polar surface area (TPSA) is 38.3 Å². The number of benzene rings is 1. The number of hydrogen-bond acceptors (Lipinski definition) is 3. The van der Waals surface area contributed by atoms with E-state index in [1.54, 1.807) is 11.3 Å². The predicted molar refractivity (Wildman–Crippen MR) is 89.3 cm³/mol. The zero-order valence-electron chi connectivity index (χ0n) is 12.1. The van der Waals surface area contributed by atoms with Crippen LogP contribution in [-0.2, 0) is 9.53 Å². The molecule has 0 aliphatic carbocycles. The third-order valence-electron chi connectivity index (χ3n) is 3.82. The Morgan fingerprint density at radius 1 is 1.32 bits per heavy atom. The monoisotopic (exact) mass is 335 g/mol. The molecule has 2 unspecified atom stereocenters. The number of rotatable bonds is 5. The Balaban J connectivity index is 1.74. The van der Waals surface area contributed by atoms with Crippen LogP contribution in [0, 0.1) is 0 Å². The van der Waals surface area contributed by atoms with Crippen LogP contribution in [0.5, 0.6) is 0 Å². The molecule has 0 saturated carbocycles. The number of carbonyl (C=O) groups excluding carboxylic acids is 1. The van der Waals surface area contributed by atoms with E-state index in [0.29, 0.717) is 11.4 Å². The van der Waals surface area contributed by atoms with Crippen LogP contribution in [0.2, 0.25) is 5.02 Å². The first-order chi connectivity index (χ1) is 10.7. The van der Waals surface area contributed by atoms with Gasteiger partial charge in [0.2, 0.25) is 5.91 Å². The van der Waals surface area contributed by atoms with Crippen molar-refractivity contribution in [2.45, 2.75) is 31.4 Å². The molecule has 0 bridgehead atoms. The number of thiophene rings is 1. The first kappa shape index (κ1) is 15.5. The Hall–Kier alpha value is -1.36. The lowest BCUT2D eigenvalue weighted by atomic mass is 10.0. The summed E-state index contributed by atoms with van der Waals surface area (Å²) < 4.78 is 5.54. The van der Waals surface area contributed by atoms with E-state index in [0.717, 1.165) is 30.6 Å². The van der Waals surface area contributed by atoms with Gasteiger partial charge in [0.25, 0.3) is 0 Å². The summed E-state index contributed by atoms with van der Waals surface area (Å²) >= 11 is 7.58. The molecule has 1 aliphatic heterocycles. The average molecular weight is 336 g/mol. The van der Waals surface area contributed by atoms with Gasteiger partial charge in [0.05, 0.1) is 18.6 Å². The highest BCUT2D eigenvalue weighted by Crippen LogP contribution is 2.26. The molecule has 5 heteroatoms. The average Bonchev–Trinajstić information content (AvgIpc) is 3.19. The van der Waals surface area contributed by atoms with Crippen molar-refractivity contribution in [3.8, 4) is 0 Å². The lowest BCUT2D eigenvalue weighted by molar-refractivity contribution is -0.123. The summed E-state index contributed by atoms with van der Waals surface area (Å²) in [7, 11) is 0. The Kier molecular flexibility index (Phi) is 5.13. The molecular formula is C17H18ClNO2S. The summed E-state index contributed by atoms with van der Waals surface area (Å²) in [5.74, 6) is 0.0260. The zero-order chi connectivity index (χ0) is 15.4. The molecule has 0 spiro atoms. The predicted octanol–water partition coefficient (Wildman–Crippen LogP) is 4.18. The molecule has 3 nitrogen and oxygen atoms in total. The van der Waals surface area contributed by atoms with Gasteiger partial charge in [-0.1, -0.05) is 23.7 Å². The number of nitrogens with one attached hydrogen (secondary N) is 1. The van der Waals surface area contributed by atoms with Gasteiger partial charge in [0.15, 0.2) is 0 Å². The molecule has 22 heavy (non-hydrogen) atoms. The summed E-state index contributed by atoms with van der Waals surface area (Å²) in [4.78, 5) is 12.3. The summed E-state index contributed by atoms with van der Waals surface area (Å²) in [6.45, 7) is 0.767. The molecule has 1 N–H and O–H groups in total. The van der Waals surface area contributed by atoms with Crippen molar-refractivity contribution in [3.63, 3.8) is 0 Å². The fourth-order valence-corrected chi connectivity index (χ4v) is 3.50. The zero-order valence-corrected chi connectivity index (χ0v) is 13.7. The number of halogens is 1. The maximum Gasteiger partial charge on any atom is 0.223 e. The maximum absolute atomic E-state index is 12.3. The number of hydrogen-bond donors (Lipinski definition) is 1. The molecule has 116 valence electrons. The molecule has 2 aromatic rings. The SMILES string of the molecule is O=C(CC1CCCO1)NC(c1ccc(Cl)cc1)c1ccsc1. The minimum absolute atomic E-state index is 0.0260. The van der Waals surface area contributed by atoms with Crippen molar-refractivity contribution < 1.29 is 9.53 Å². The van der Waals surface area contributed by atoms with Crippen LogP contribution in [-0.4, -0.2) is 18.6 Å². The van der Waals surface area contributed by atoms with Crippen LogP contribution in [0.1, 0.15) is 36.4 Å². The lowest BCUT2D eigenvalue weighted by Crippen LogP contribution is -2.31. The number of amides is 1. The van der Waals surface area contributed by atoms with Crippen LogP contribution in [0.3, 0.4) is 0 Å². The second-order valence-corrected chi connectivity index (χ2v) is 6.66. The maximum atomic E-state index is 12.3. The fourth-order valence-electron chi connectivity index (χ4n) is 2.69. The van der Waals surface area contributed by atoms with Crippen LogP contribution < -0.4 is 5.32 Å². The van der Waals surface area contributed by atoms with Gasteiger partial charge in [-0.15, -0.1) is 0 Å². The molecule has 1 amide bonds. The van der Waals surface area contributed by atoms with E-state index in [2.05, 4.69) is 10.7 Å². The van der Waals surface area contributed by atoms with Crippen molar-refractivity contribution in [2.75, 3.05) is 6.61 Å². The van der Waals surface area contributed by atoms with Gasteiger partial charge in [-0.25, -0.2) is 0 Å². The molecule has 2 heterocycles. The van der Waals surface area contributed by atoms with Crippen molar-refractivity contribution in [1.29, 1.82) is 0 Å². The molecule has 1 aromatic heterocycles. The normalized spacial score (nSPS) is 19.0. The number of ether oxygens (including phenoxy) is 1. The van der Waals surface area contributed by atoms with Gasteiger partial charge in [-0.05, 0) is 52.9 Å². The molecule has 3 rings (SSSR count). The molecule has 1 saturated heterocycles. The quantitative estimate of drug-likeness (QED) is 0.890. The highest BCUT2D eigenvalue weighted by Gasteiger charge is 2.22. The lowest BCUT2D eigenvalue weighted by Gasteiger charge is -2.20. The smallest absolute Gasteiger partial charge is 0.223 e. The summed E-state index contributed by atoms with van der Waals surface area (Å²) in [6.07, 6.45) is 2.50. The van der Waals surface area contributed by atoms with E-state index >= 15 is 0 Å². The van der Waals surface area contributed by atoms with Crippen LogP contribution in [0.15, 0.2) is 41.1 Å².